The second-order valence-electron chi connectivity index (χ2n) is 14.0. The summed E-state index contributed by atoms with van der Waals surface area (Å²) in [5, 5.41) is 17.4. The van der Waals surface area contributed by atoms with Gasteiger partial charge in [0.1, 0.15) is 29.5 Å². The largest absolute Gasteiger partial charge is 0.383 e. The van der Waals surface area contributed by atoms with E-state index in [-0.39, 0.29) is 60.8 Å². The summed E-state index contributed by atoms with van der Waals surface area (Å²) in [5.74, 6) is -0.621. The number of anilines is 4. The van der Waals surface area contributed by atoms with Gasteiger partial charge in [-0.2, -0.15) is 0 Å². The fourth-order valence-corrected chi connectivity index (χ4v) is 8.00. The van der Waals surface area contributed by atoms with Gasteiger partial charge in [0, 0.05) is 73.7 Å². The van der Waals surface area contributed by atoms with Crippen LogP contribution >= 0.6 is 0 Å². The van der Waals surface area contributed by atoms with E-state index in [4.69, 9.17) is 9.97 Å². The number of pyridine rings is 2. The molecule has 2 unspecified atom stereocenters. The first kappa shape index (κ1) is 34.1. The molecule has 15 heteroatoms. The van der Waals surface area contributed by atoms with Crippen LogP contribution in [-0.4, -0.2) is 79.7 Å². The lowest BCUT2D eigenvalue weighted by molar-refractivity contribution is -0.137. The number of aromatic nitrogens is 5. The molecule has 4 aromatic rings. The monoisotopic (exact) mass is 716 g/mol. The SMILES string of the molecule is CCn1cnnc1-c1cccc(N2Cc3c(cc(N4CCC[C@H]4C)nc3NCCNc3cccc4c3C(=O)C(C3CCC(=O)NC3=O)CC4=O)C2=O)n1. The Kier molecular flexibility index (Phi) is 8.92. The molecular weight excluding hydrogens is 676 g/mol. The minimum absolute atomic E-state index is 0.0677. The van der Waals surface area contributed by atoms with Crippen LogP contribution in [-0.2, 0) is 22.7 Å². The van der Waals surface area contributed by atoms with Crippen molar-refractivity contribution in [1.29, 1.82) is 0 Å². The molecule has 3 aliphatic heterocycles. The van der Waals surface area contributed by atoms with E-state index in [0.717, 1.165) is 30.8 Å². The Bertz CT molecular complexity index is 2160. The van der Waals surface area contributed by atoms with E-state index in [2.05, 4.69) is 38.0 Å². The van der Waals surface area contributed by atoms with Gasteiger partial charge in [0.15, 0.2) is 17.4 Å². The Morgan fingerprint density at radius 2 is 1.75 bits per heavy atom. The van der Waals surface area contributed by atoms with Gasteiger partial charge in [-0.1, -0.05) is 18.2 Å². The summed E-state index contributed by atoms with van der Waals surface area (Å²) < 4.78 is 1.89. The number of hydrogen-bond acceptors (Lipinski definition) is 12. The number of Topliss-reactive ketones (excluding diaryl/α,β-unsaturated/α-hetero) is 2. The van der Waals surface area contributed by atoms with Crippen LogP contribution in [0.2, 0.25) is 0 Å². The molecule has 3 atom stereocenters. The summed E-state index contributed by atoms with van der Waals surface area (Å²) in [6.45, 7) is 6.71. The Morgan fingerprint density at radius 3 is 2.55 bits per heavy atom. The third-order valence-corrected chi connectivity index (χ3v) is 10.8. The molecule has 0 saturated carbocycles. The lowest BCUT2D eigenvalue weighted by Gasteiger charge is -2.31. The second-order valence-corrected chi connectivity index (χ2v) is 14.0. The number of benzene rings is 1. The molecular formula is C38H40N10O5. The number of imide groups is 1. The van der Waals surface area contributed by atoms with Crippen molar-refractivity contribution in [1.82, 2.24) is 30.0 Å². The van der Waals surface area contributed by atoms with Crippen LogP contribution in [0.1, 0.15) is 82.6 Å². The molecule has 0 radical (unpaired) electrons. The van der Waals surface area contributed by atoms with Crippen LogP contribution in [0.5, 0.6) is 0 Å². The van der Waals surface area contributed by atoms with Crippen molar-refractivity contribution >= 4 is 52.4 Å². The molecule has 6 heterocycles. The quantitative estimate of drug-likeness (QED) is 0.159. The fourth-order valence-electron chi connectivity index (χ4n) is 8.00. The van der Waals surface area contributed by atoms with Gasteiger partial charge in [-0.3, -0.25) is 34.2 Å². The molecule has 1 aromatic carbocycles. The molecule has 1 aliphatic carbocycles. The summed E-state index contributed by atoms with van der Waals surface area (Å²) >= 11 is 0. The molecule has 4 aliphatic rings. The maximum atomic E-state index is 14.1. The first-order valence-corrected chi connectivity index (χ1v) is 18.2. The van der Waals surface area contributed by atoms with Crippen molar-refractivity contribution in [3.8, 4) is 11.5 Å². The third kappa shape index (κ3) is 6.19. The second kappa shape index (κ2) is 13.9. The van der Waals surface area contributed by atoms with Crippen LogP contribution in [0.15, 0.2) is 48.8 Å². The Hall–Kier alpha value is -5.99. The minimum atomic E-state index is -0.826. The lowest BCUT2D eigenvalue weighted by Crippen LogP contribution is -2.47. The fraction of sp³-hybridized carbons (Fsp3) is 0.395. The average molecular weight is 717 g/mol. The van der Waals surface area contributed by atoms with E-state index in [9.17, 15) is 24.0 Å². The number of carbonyl (C=O) groups is 5. The molecule has 53 heavy (non-hydrogen) atoms. The summed E-state index contributed by atoms with van der Waals surface area (Å²) in [5.41, 5.74) is 3.05. The van der Waals surface area contributed by atoms with Crippen LogP contribution < -0.4 is 25.8 Å². The molecule has 3 aromatic heterocycles. The number of amides is 3. The Balaban J connectivity index is 1.03. The van der Waals surface area contributed by atoms with E-state index < -0.39 is 17.7 Å². The van der Waals surface area contributed by atoms with Gasteiger partial charge in [-0.25, -0.2) is 9.97 Å². The van der Waals surface area contributed by atoms with Crippen molar-refractivity contribution < 1.29 is 24.0 Å². The number of carbonyl (C=O) groups excluding carboxylic acids is 5. The highest BCUT2D eigenvalue weighted by Gasteiger charge is 2.43. The highest BCUT2D eigenvalue weighted by molar-refractivity contribution is 6.19. The lowest BCUT2D eigenvalue weighted by atomic mass is 9.72. The van der Waals surface area contributed by atoms with Gasteiger partial charge in [-0.05, 0) is 57.4 Å². The summed E-state index contributed by atoms with van der Waals surface area (Å²) in [6.07, 6.45) is 4.04. The zero-order valence-corrected chi connectivity index (χ0v) is 29.6. The first-order chi connectivity index (χ1) is 25.7. The number of hydrogen-bond donors (Lipinski definition) is 3. The number of aryl methyl sites for hydroxylation is 1. The number of rotatable bonds is 10. The van der Waals surface area contributed by atoms with Crippen LogP contribution in [0.25, 0.3) is 11.5 Å². The average Bonchev–Trinajstić information content (AvgIpc) is 3.90. The van der Waals surface area contributed by atoms with Gasteiger partial charge in [0.05, 0.1) is 17.7 Å². The Labute approximate surface area is 305 Å². The van der Waals surface area contributed by atoms with Gasteiger partial charge < -0.3 is 20.1 Å². The predicted octanol–water partition coefficient (Wildman–Crippen LogP) is 3.87. The molecule has 15 nitrogen and oxygen atoms in total. The van der Waals surface area contributed by atoms with E-state index >= 15 is 0 Å². The molecule has 0 bridgehead atoms. The molecule has 272 valence electrons. The molecule has 3 N–H and O–H groups in total. The smallest absolute Gasteiger partial charge is 0.260 e. The normalized spacial score (nSPS) is 21.2. The number of ketones is 2. The number of piperidine rings is 1. The van der Waals surface area contributed by atoms with Gasteiger partial charge in [-0.15, -0.1) is 10.2 Å². The Morgan fingerprint density at radius 1 is 0.925 bits per heavy atom. The molecule has 2 saturated heterocycles. The molecule has 8 rings (SSSR count). The summed E-state index contributed by atoms with van der Waals surface area (Å²) in [4.78, 5) is 79.3. The first-order valence-electron chi connectivity index (χ1n) is 18.2. The van der Waals surface area contributed by atoms with E-state index in [0.29, 0.717) is 59.6 Å². The predicted molar refractivity (Wildman–Crippen MR) is 196 cm³/mol. The standard InChI is InChI=1S/C38H40N10O5/c1-3-46-20-41-45-36(46)28-10-5-11-30(42-28)48-19-26-25(38(48)53)18-31(47-16-6-7-21(47)2)43-35(26)40-15-14-39-27-9-4-8-23-29(49)17-24(34(51)33(23)27)22-12-13-32(50)44-37(22)52/h4-5,8-11,18,20-22,24,39H,3,6-7,12-17,19H2,1-2H3,(H,40,43)(H,44,50,52)/t21-,22?,24?/m1/s1. The van der Waals surface area contributed by atoms with Gasteiger partial charge in [0.2, 0.25) is 11.8 Å². The number of nitrogens with zero attached hydrogens (tertiary/aromatic N) is 7. The zero-order valence-electron chi connectivity index (χ0n) is 29.6. The molecule has 2 fully saturated rings. The highest BCUT2D eigenvalue weighted by Crippen LogP contribution is 2.38. The van der Waals surface area contributed by atoms with E-state index in [1.165, 1.54) is 0 Å². The minimum Gasteiger partial charge on any atom is -0.383 e. The van der Waals surface area contributed by atoms with Crippen molar-refractivity contribution in [2.75, 3.05) is 40.1 Å². The highest BCUT2D eigenvalue weighted by atomic mass is 16.2. The van der Waals surface area contributed by atoms with Crippen LogP contribution in [0, 0.1) is 11.8 Å². The maximum absolute atomic E-state index is 14.1. The van der Waals surface area contributed by atoms with Crippen molar-refractivity contribution in [3.63, 3.8) is 0 Å². The number of fused-ring (bicyclic) bond motifs is 2. The topological polar surface area (TPSA) is 184 Å². The van der Waals surface area contributed by atoms with Crippen molar-refractivity contribution in [2.24, 2.45) is 11.8 Å². The summed E-state index contributed by atoms with van der Waals surface area (Å²) in [7, 11) is 0. The zero-order chi connectivity index (χ0) is 36.8. The van der Waals surface area contributed by atoms with Crippen LogP contribution in [0.4, 0.5) is 23.1 Å². The van der Waals surface area contributed by atoms with Crippen LogP contribution in [0.3, 0.4) is 0 Å². The maximum Gasteiger partial charge on any atom is 0.260 e. The third-order valence-electron chi connectivity index (χ3n) is 10.8. The van der Waals surface area contributed by atoms with Crippen molar-refractivity contribution in [2.45, 2.75) is 65.1 Å². The van der Waals surface area contributed by atoms with Gasteiger partial charge in [0.25, 0.3) is 5.91 Å². The molecule has 0 spiro atoms. The van der Waals surface area contributed by atoms with Gasteiger partial charge >= 0.3 is 0 Å². The van der Waals surface area contributed by atoms with Crippen molar-refractivity contribution in [3.05, 3.63) is 71.0 Å². The summed E-state index contributed by atoms with van der Waals surface area (Å²) in [6, 6.07) is 12.8. The molecule has 3 amide bonds. The van der Waals surface area contributed by atoms with E-state index in [1.807, 2.05) is 35.8 Å². The van der Waals surface area contributed by atoms with E-state index in [1.54, 1.807) is 29.4 Å². The number of nitrogens with one attached hydrogen (secondary N) is 3.